The van der Waals surface area contributed by atoms with E-state index in [2.05, 4.69) is 34.7 Å². The lowest BCUT2D eigenvalue weighted by atomic mass is 10.0. The summed E-state index contributed by atoms with van der Waals surface area (Å²) in [6.07, 6.45) is 5.88. The lowest BCUT2D eigenvalue weighted by Gasteiger charge is -2.27. The number of halogens is 1. The number of nitrogens with zero attached hydrogens (tertiary/aromatic N) is 1. The molecule has 1 aliphatic heterocycles. The first-order valence-electron chi connectivity index (χ1n) is 7.27. The van der Waals surface area contributed by atoms with Crippen molar-refractivity contribution in [3.05, 3.63) is 33.8 Å². The van der Waals surface area contributed by atoms with Gasteiger partial charge in [-0.25, -0.2) is 0 Å². The molecule has 2 nitrogen and oxygen atoms in total. The van der Waals surface area contributed by atoms with Crippen molar-refractivity contribution in [1.82, 2.24) is 4.90 Å². The molecule has 1 atom stereocenters. The molecule has 0 saturated carbocycles. The Morgan fingerprint density at radius 2 is 2.11 bits per heavy atom. The van der Waals surface area contributed by atoms with Gasteiger partial charge in [0.05, 0.1) is 0 Å². The van der Waals surface area contributed by atoms with E-state index in [1.807, 2.05) is 18.2 Å². The summed E-state index contributed by atoms with van der Waals surface area (Å²) in [7, 11) is 0. The summed E-state index contributed by atoms with van der Waals surface area (Å²) in [5.74, 6) is 0.208. The first-order valence-corrected chi connectivity index (χ1v) is 8.06. The molecule has 1 aromatic rings. The number of carbonyl (C=O) groups is 1. The Morgan fingerprint density at radius 1 is 1.32 bits per heavy atom. The van der Waals surface area contributed by atoms with Crippen LogP contribution in [0.1, 0.15) is 61.9 Å². The summed E-state index contributed by atoms with van der Waals surface area (Å²) in [5, 5.41) is 0. The van der Waals surface area contributed by atoms with Crippen LogP contribution in [0, 0.1) is 0 Å². The van der Waals surface area contributed by atoms with E-state index < -0.39 is 0 Å². The van der Waals surface area contributed by atoms with Gasteiger partial charge < -0.3 is 4.90 Å². The van der Waals surface area contributed by atoms with Crippen molar-refractivity contribution in [2.45, 2.75) is 58.5 Å². The van der Waals surface area contributed by atoms with Crippen LogP contribution < -0.4 is 0 Å². The van der Waals surface area contributed by atoms with Crippen LogP contribution in [0.15, 0.2) is 22.7 Å². The first kappa shape index (κ1) is 14.6. The normalized spacial score (nSPS) is 15.7. The smallest absolute Gasteiger partial charge is 0.254 e. The lowest BCUT2D eigenvalue weighted by molar-refractivity contribution is 0.0685. The molecule has 0 saturated heterocycles. The Labute approximate surface area is 124 Å². The molecule has 0 aromatic heterocycles. The number of amides is 1. The molecule has 1 unspecified atom stereocenters. The van der Waals surface area contributed by atoms with Crippen molar-refractivity contribution < 1.29 is 4.79 Å². The fraction of sp³-hybridized carbons (Fsp3) is 0.562. The largest absolute Gasteiger partial charge is 0.331 e. The molecular formula is C16H22BrNO. The topological polar surface area (TPSA) is 20.3 Å². The van der Waals surface area contributed by atoms with Crippen LogP contribution in [0.2, 0.25) is 0 Å². The molecule has 1 heterocycles. The van der Waals surface area contributed by atoms with E-state index in [9.17, 15) is 4.79 Å². The lowest BCUT2D eigenvalue weighted by Crippen LogP contribution is -2.35. The Hall–Kier alpha value is -0.830. The average molecular weight is 324 g/mol. The Balaban J connectivity index is 2.11. The molecule has 0 radical (unpaired) electrons. The molecule has 104 valence electrons. The van der Waals surface area contributed by atoms with Gasteiger partial charge >= 0.3 is 0 Å². The molecule has 0 aliphatic carbocycles. The minimum atomic E-state index is 0.208. The Kier molecular flexibility index (Phi) is 5.03. The van der Waals surface area contributed by atoms with E-state index in [4.69, 9.17) is 0 Å². The van der Waals surface area contributed by atoms with Gasteiger partial charge in [0.2, 0.25) is 0 Å². The van der Waals surface area contributed by atoms with Crippen LogP contribution in [0.25, 0.3) is 0 Å². The highest BCUT2D eigenvalue weighted by atomic mass is 79.9. The van der Waals surface area contributed by atoms with E-state index in [1.165, 1.54) is 19.3 Å². The van der Waals surface area contributed by atoms with Gasteiger partial charge in [0.1, 0.15) is 0 Å². The van der Waals surface area contributed by atoms with Gasteiger partial charge in [0.15, 0.2) is 0 Å². The Bertz CT molecular complexity index is 458. The molecule has 19 heavy (non-hydrogen) atoms. The first-order chi connectivity index (χ1) is 9.19. The number of hydrogen-bond donors (Lipinski definition) is 0. The maximum Gasteiger partial charge on any atom is 0.254 e. The van der Waals surface area contributed by atoms with E-state index in [-0.39, 0.29) is 5.91 Å². The van der Waals surface area contributed by atoms with Crippen molar-refractivity contribution in [3.63, 3.8) is 0 Å². The monoisotopic (exact) mass is 323 g/mol. The zero-order chi connectivity index (χ0) is 13.8. The van der Waals surface area contributed by atoms with Crippen LogP contribution in [-0.2, 0) is 6.54 Å². The summed E-state index contributed by atoms with van der Waals surface area (Å²) in [6, 6.07) is 6.30. The van der Waals surface area contributed by atoms with Gasteiger partial charge in [-0.3, -0.25) is 4.79 Å². The molecule has 3 heteroatoms. The molecule has 0 spiro atoms. The second-order valence-electron chi connectivity index (χ2n) is 5.26. The third-order valence-electron chi connectivity index (χ3n) is 3.99. The maximum atomic E-state index is 12.5. The summed E-state index contributed by atoms with van der Waals surface area (Å²) in [4.78, 5) is 14.5. The summed E-state index contributed by atoms with van der Waals surface area (Å²) in [6.45, 7) is 5.16. The molecule has 0 bridgehead atoms. The second kappa shape index (κ2) is 6.56. The highest BCUT2D eigenvalue weighted by Gasteiger charge is 2.32. The molecule has 1 aromatic carbocycles. The molecule has 1 aliphatic rings. The average Bonchev–Trinajstić information content (AvgIpc) is 2.74. The molecular weight excluding hydrogens is 302 g/mol. The number of benzene rings is 1. The van der Waals surface area contributed by atoms with E-state index in [0.717, 1.165) is 35.0 Å². The summed E-state index contributed by atoms with van der Waals surface area (Å²) < 4.78 is 1.06. The standard InChI is InChI=1S/C16H22BrNO/c1-3-5-6-8-12(4-2)18-11-14-13(16(18)19)9-7-10-15(14)17/h7,9-10,12H,3-6,8,11H2,1-2H3. The number of fused-ring (bicyclic) bond motifs is 1. The van der Waals surface area contributed by atoms with Gasteiger partial charge in [-0.05, 0) is 30.5 Å². The summed E-state index contributed by atoms with van der Waals surface area (Å²) >= 11 is 3.56. The van der Waals surface area contributed by atoms with Gasteiger partial charge in [-0.2, -0.15) is 0 Å². The van der Waals surface area contributed by atoms with Crippen molar-refractivity contribution in [3.8, 4) is 0 Å². The number of rotatable bonds is 6. The zero-order valence-corrected chi connectivity index (χ0v) is 13.4. The fourth-order valence-electron chi connectivity index (χ4n) is 2.82. The van der Waals surface area contributed by atoms with Crippen LogP contribution in [-0.4, -0.2) is 16.8 Å². The van der Waals surface area contributed by atoms with Crippen LogP contribution >= 0.6 is 15.9 Å². The molecule has 0 fully saturated rings. The van der Waals surface area contributed by atoms with E-state index in [1.54, 1.807) is 0 Å². The highest BCUT2D eigenvalue weighted by molar-refractivity contribution is 9.10. The third kappa shape index (κ3) is 3.02. The van der Waals surface area contributed by atoms with Crippen LogP contribution in [0.4, 0.5) is 0 Å². The fourth-order valence-corrected chi connectivity index (χ4v) is 3.31. The number of unbranched alkanes of at least 4 members (excludes halogenated alkanes) is 2. The summed E-state index contributed by atoms with van der Waals surface area (Å²) in [5.41, 5.74) is 2.03. The van der Waals surface area contributed by atoms with Gasteiger partial charge in [-0.1, -0.05) is 55.1 Å². The quantitative estimate of drug-likeness (QED) is 0.691. The number of hydrogen-bond acceptors (Lipinski definition) is 1. The van der Waals surface area contributed by atoms with E-state index >= 15 is 0 Å². The maximum absolute atomic E-state index is 12.5. The predicted octanol–water partition coefficient (Wildman–Crippen LogP) is 4.76. The molecule has 1 amide bonds. The molecule has 0 N–H and O–H groups in total. The van der Waals surface area contributed by atoms with Gasteiger partial charge in [0.25, 0.3) is 5.91 Å². The predicted molar refractivity (Wildman–Crippen MR) is 82.2 cm³/mol. The number of carbonyl (C=O) groups excluding carboxylic acids is 1. The third-order valence-corrected chi connectivity index (χ3v) is 4.73. The zero-order valence-electron chi connectivity index (χ0n) is 11.8. The van der Waals surface area contributed by atoms with Crippen LogP contribution in [0.3, 0.4) is 0 Å². The molecule has 2 rings (SSSR count). The Morgan fingerprint density at radius 3 is 2.74 bits per heavy atom. The highest BCUT2D eigenvalue weighted by Crippen LogP contribution is 2.32. The van der Waals surface area contributed by atoms with Crippen molar-refractivity contribution >= 4 is 21.8 Å². The van der Waals surface area contributed by atoms with Gasteiger partial charge in [0, 0.05) is 22.6 Å². The van der Waals surface area contributed by atoms with E-state index in [0.29, 0.717) is 6.04 Å². The van der Waals surface area contributed by atoms with Crippen molar-refractivity contribution in [2.24, 2.45) is 0 Å². The van der Waals surface area contributed by atoms with Gasteiger partial charge in [-0.15, -0.1) is 0 Å². The second-order valence-corrected chi connectivity index (χ2v) is 6.11. The minimum absolute atomic E-state index is 0.208. The minimum Gasteiger partial charge on any atom is -0.331 e. The van der Waals surface area contributed by atoms with Crippen molar-refractivity contribution in [1.29, 1.82) is 0 Å². The van der Waals surface area contributed by atoms with Crippen LogP contribution in [0.5, 0.6) is 0 Å². The van der Waals surface area contributed by atoms with Crippen molar-refractivity contribution in [2.75, 3.05) is 0 Å². The SMILES string of the molecule is CCCCCC(CC)N1Cc2c(Br)cccc2C1=O.